The standard InChI is InChI=1S/C15H29N3/c16-17-14(8-7-13-5-6-13)15(9-1-2-10-15)18-11-3-4-12-18/h13-14,17H,1-12,16H2. The van der Waals surface area contributed by atoms with E-state index in [1.165, 1.54) is 77.3 Å². The van der Waals surface area contributed by atoms with Crippen molar-refractivity contribution < 1.29 is 0 Å². The molecule has 2 saturated carbocycles. The number of nitrogens with zero attached hydrogens (tertiary/aromatic N) is 1. The molecule has 0 bridgehead atoms. The zero-order valence-electron chi connectivity index (χ0n) is 11.7. The number of hydrogen-bond donors (Lipinski definition) is 2. The van der Waals surface area contributed by atoms with Gasteiger partial charge in [-0.1, -0.05) is 25.7 Å². The van der Waals surface area contributed by atoms with Gasteiger partial charge in [-0.05, 0) is 57.5 Å². The van der Waals surface area contributed by atoms with Gasteiger partial charge < -0.3 is 0 Å². The van der Waals surface area contributed by atoms with Gasteiger partial charge in [0.15, 0.2) is 0 Å². The van der Waals surface area contributed by atoms with Crippen LogP contribution < -0.4 is 11.3 Å². The summed E-state index contributed by atoms with van der Waals surface area (Å²) in [6.07, 6.45) is 13.9. The van der Waals surface area contributed by atoms with Gasteiger partial charge >= 0.3 is 0 Å². The molecular formula is C15H29N3. The molecule has 3 rings (SSSR count). The van der Waals surface area contributed by atoms with Gasteiger partial charge in [0.1, 0.15) is 0 Å². The highest BCUT2D eigenvalue weighted by molar-refractivity contribution is 5.04. The molecule has 3 heteroatoms. The Bertz CT molecular complexity index is 263. The second-order valence-corrected chi connectivity index (χ2v) is 6.74. The minimum atomic E-state index is 0.403. The van der Waals surface area contributed by atoms with E-state index in [-0.39, 0.29) is 0 Å². The first-order chi connectivity index (χ1) is 8.85. The molecule has 3 aliphatic rings. The molecule has 1 saturated heterocycles. The summed E-state index contributed by atoms with van der Waals surface area (Å²) in [5, 5.41) is 0. The van der Waals surface area contributed by atoms with E-state index in [9.17, 15) is 0 Å². The molecule has 1 heterocycles. The van der Waals surface area contributed by atoms with Crippen LogP contribution in [0.25, 0.3) is 0 Å². The first kappa shape index (κ1) is 12.9. The van der Waals surface area contributed by atoms with E-state index in [1.54, 1.807) is 0 Å². The van der Waals surface area contributed by atoms with Crippen LogP contribution in [0.5, 0.6) is 0 Å². The van der Waals surface area contributed by atoms with Crippen LogP contribution >= 0.6 is 0 Å². The molecule has 0 aromatic carbocycles. The van der Waals surface area contributed by atoms with Crippen LogP contribution in [0.1, 0.15) is 64.2 Å². The molecule has 0 aromatic heterocycles. The molecule has 104 valence electrons. The van der Waals surface area contributed by atoms with E-state index in [1.807, 2.05) is 0 Å². The zero-order chi connectivity index (χ0) is 12.4. The fraction of sp³-hybridized carbons (Fsp3) is 1.00. The van der Waals surface area contributed by atoms with Crippen molar-refractivity contribution in [2.75, 3.05) is 13.1 Å². The average Bonchev–Trinajstić information content (AvgIpc) is 2.88. The minimum Gasteiger partial charge on any atom is -0.296 e. The Hall–Kier alpha value is -0.120. The van der Waals surface area contributed by atoms with Crippen molar-refractivity contribution >= 4 is 0 Å². The number of hydrogen-bond acceptors (Lipinski definition) is 3. The Labute approximate surface area is 111 Å². The summed E-state index contributed by atoms with van der Waals surface area (Å²) >= 11 is 0. The topological polar surface area (TPSA) is 41.3 Å². The molecule has 3 nitrogen and oxygen atoms in total. The summed E-state index contributed by atoms with van der Waals surface area (Å²) in [5.41, 5.74) is 3.61. The van der Waals surface area contributed by atoms with E-state index in [0.717, 1.165) is 5.92 Å². The summed E-state index contributed by atoms with van der Waals surface area (Å²) in [5.74, 6) is 6.96. The van der Waals surface area contributed by atoms with Crippen LogP contribution in [0.3, 0.4) is 0 Å². The van der Waals surface area contributed by atoms with Gasteiger partial charge in [0.25, 0.3) is 0 Å². The van der Waals surface area contributed by atoms with E-state index in [0.29, 0.717) is 11.6 Å². The van der Waals surface area contributed by atoms with E-state index >= 15 is 0 Å². The van der Waals surface area contributed by atoms with Crippen LogP contribution in [0, 0.1) is 5.92 Å². The number of hydrazine groups is 1. The highest BCUT2D eigenvalue weighted by atomic mass is 15.3. The molecule has 2 aliphatic carbocycles. The maximum Gasteiger partial charge on any atom is 0.0394 e. The monoisotopic (exact) mass is 251 g/mol. The van der Waals surface area contributed by atoms with Crippen LogP contribution in [-0.4, -0.2) is 29.6 Å². The smallest absolute Gasteiger partial charge is 0.0394 e. The number of likely N-dealkylation sites (tertiary alicyclic amines) is 1. The second kappa shape index (κ2) is 5.48. The predicted molar refractivity (Wildman–Crippen MR) is 75.1 cm³/mol. The first-order valence-corrected chi connectivity index (χ1v) is 8.06. The largest absolute Gasteiger partial charge is 0.296 e. The molecule has 1 unspecified atom stereocenters. The molecule has 1 aliphatic heterocycles. The van der Waals surface area contributed by atoms with Crippen LogP contribution in [0.15, 0.2) is 0 Å². The van der Waals surface area contributed by atoms with Gasteiger partial charge in [-0.3, -0.25) is 16.2 Å². The summed E-state index contributed by atoms with van der Waals surface area (Å²) in [6, 6.07) is 0.527. The first-order valence-electron chi connectivity index (χ1n) is 8.06. The molecule has 1 atom stereocenters. The van der Waals surface area contributed by atoms with Crippen molar-refractivity contribution in [3.63, 3.8) is 0 Å². The third-order valence-corrected chi connectivity index (χ3v) is 5.62. The molecular weight excluding hydrogens is 222 g/mol. The number of rotatable bonds is 6. The maximum absolute atomic E-state index is 5.94. The molecule has 18 heavy (non-hydrogen) atoms. The third-order valence-electron chi connectivity index (χ3n) is 5.62. The molecule has 0 radical (unpaired) electrons. The van der Waals surface area contributed by atoms with Crippen LogP contribution in [0.2, 0.25) is 0 Å². The van der Waals surface area contributed by atoms with Gasteiger partial charge in [-0.25, -0.2) is 0 Å². The van der Waals surface area contributed by atoms with Crippen molar-refractivity contribution in [3.05, 3.63) is 0 Å². The highest BCUT2D eigenvalue weighted by Crippen LogP contribution is 2.43. The maximum atomic E-state index is 5.94. The fourth-order valence-electron chi connectivity index (χ4n) is 4.35. The Morgan fingerprint density at radius 3 is 2.33 bits per heavy atom. The van der Waals surface area contributed by atoms with Gasteiger partial charge in [0, 0.05) is 11.6 Å². The molecule has 0 amide bonds. The van der Waals surface area contributed by atoms with Crippen molar-refractivity contribution in [3.8, 4) is 0 Å². The summed E-state index contributed by atoms with van der Waals surface area (Å²) in [6.45, 7) is 2.61. The molecule has 0 aromatic rings. The predicted octanol–water partition coefficient (Wildman–Crippen LogP) is 2.42. The number of nitrogens with two attached hydrogens (primary N) is 1. The van der Waals surface area contributed by atoms with Gasteiger partial charge in [-0.2, -0.15) is 0 Å². The highest BCUT2D eigenvalue weighted by Gasteiger charge is 2.46. The van der Waals surface area contributed by atoms with Crippen LogP contribution in [-0.2, 0) is 0 Å². The second-order valence-electron chi connectivity index (χ2n) is 6.74. The van der Waals surface area contributed by atoms with Crippen LogP contribution in [0.4, 0.5) is 0 Å². The quantitative estimate of drug-likeness (QED) is 0.563. The van der Waals surface area contributed by atoms with E-state index < -0.39 is 0 Å². The fourth-order valence-corrected chi connectivity index (χ4v) is 4.35. The van der Waals surface area contributed by atoms with Gasteiger partial charge in [0.05, 0.1) is 0 Å². The van der Waals surface area contributed by atoms with Crippen molar-refractivity contribution in [1.29, 1.82) is 0 Å². The zero-order valence-corrected chi connectivity index (χ0v) is 11.7. The lowest BCUT2D eigenvalue weighted by atomic mass is 9.83. The Morgan fingerprint density at radius 2 is 1.78 bits per heavy atom. The number of nitrogens with one attached hydrogen (secondary N) is 1. The van der Waals surface area contributed by atoms with Gasteiger partial charge in [0.2, 0.25) is 0 Å². The van der Waals surface area contributed by atoms with E-state index in [4.69, 9.17) is 5.84 Å². The summed E-state index contributed by atoms with van der Waals surface area (Å²) < 4.78 is 0. The molecule has 3 fully saturated rings. The lowest BCUT2D eigenvalue weighted by Gasteiger charge is -2.45. The van der Waals surface area contributed by atoms with E-state index in [2.05, 4.69) is 10.3 Å². The normalized spacial score (nSPS) is 29.8. The Morgan fingerprint density at radius 1 is 1.11 bits per heavy atom. The van der Waals surface area contributed by atoms with Crippen molar-refractivity contribution in [2.45, 2.75) is 75.8 Å². The minimum absolute atomic E-state index is 0.403. The third kappa shape index (κ3) is 2.45. The van der Waals surface area contributed by atoms with Crippen molar-refractivity contribution in [2.24, 2.45) is 11.8 Å². The lowest BCUT2D eigenvalue weighted by molar-refractivity contribution is 0.0714. The summed E-state index contributed by atoms with van der Waals surface area (Å²) in [4.78, 5) is 2.78. The summed E-state index contributed by atoms with van der Waals surface area (Å²) in [7, 11) is 0. The average molecular weight is 251 g/mol. The Balaban J connectivity index is 1.68. The molecule has 3 N–H and O–H groups in total. The lowest BCUT2D eigenvalue weighted by Crippen LogP contribution is -2.60. The van der Waals surface area contributed by atoms with Gasteiger partial charge in [-0.15, -0.1) is 0 Å². The van der Waals surface area contributed by atoms with Crippen molar-refractivity contribution in [1.82, 2.24) is 10.3 Å². The Kier molecular flexibility index (Phi) is 3.92. The molecule has 0 spiro atoms. The SMILES string of the molecule is NNC(CCC1CC1)C1(N2CCCC2)CCCC1.